The molecule has 48 heavy (non-hydrogen) atoms. The second-order valence-electron chi connectivity index (χ2n) is 13.2. The number of primary amides is 1. The van der Waals surface area contributed by atoms with Gasteiger partial charge in [-0.15, -0.1) is 11.3 Å². The molecule has 6 atom stereocenters. The molecule has 3 aromatic heterocycles. The van der Waals surface area contributed by atoms with Gasteiger partial charge in [-0.25, -0.2) is 9.69 Å². The summed E-state index contributed by atoms with van der Waals surface area (Å²) in [5.74, 6) is -5.41. The fourth-order valence-electron chi connectivity index (χ4n) is 8.60. The molecule has 0 spiro atoms. The Balaban J connectivity index is 1.24. The zero-order valence-corrected chi connectivity index (χ0v) is 27.7. The lowest BCUT2D eigenvalue weighted by Crippen LogP contribution is -2.49. The van der Waals surface area contributed by atoms with Gasteiger partial charge in [0.25, 0.3) is 0 Å². The summed E-state index contributed by atoms with van der Waals surface area (Å²) in [5, 5.41) is 16.1. The maximum Gasteiger partial charge on any atom is 0.328 e. The highest BCUT2D eigenvalue weighted by Gasteiger charge is 2.68. The molecule has 3 N–H and O–H groups in total. The maximum absolute atomic E-state index is 14.8. The summed E-state index contributed by atoms with van der Waals surface area (Å²) in [6.07, 6.45) is 2.10. The first-order valence-corrected chi connectivity index (χ1v) is 16.7. The van der Waals surface area contributed by atoms with Crippen LogP contribution < -0.4 is 10.6 Å². The van der Waals surface area contributed by atoms with Crippen molar-refractivity contribution in [3.8, 4) is 10.6 Å². The number of aryl methyl sites for hydroxylation is 2. The van der Waals surface area contributed by atoms with E-state index in [9.17, 15) is 29.1 Å². The molecule has 2 saturated heterocycles. The number of aliphatic hydroxyl groups is 1. The van der Waals surface area contributed by atoms with E-state index in [1.807, 2.05) is 31.2 Å². The fourth-order valence-corrected chi connectivity index (χ4v) is 9.92. The first-order valence-electron chi connectivity index (χ1n) is 15.5. The molecule has 3 fully saturated rings. The number of anilines is 1. The molecule has 6 amide bonds. The Kier molecular flexibility index (Phi) is 6.69. The average Bonchev–Trinajstić information content (AvgIpc) is 3.84. The monoisotopic (exact) mass is 687 g/mol. The van der Waals surface area contributed by atoms with E-state index in [4.69, 9.17) is 26.9 Å². The first-order chi connectivity index (χ1) is 22.9. The molecule has 246 valence electrons. The summed E-state index contributed by atoms with van der Waals surface area (Å²) >= 11 is 7.80. The highest BCUT2D eigenvalue weighted by atomic mass is 35.5. The molecular weight excluding hydrogens is 658 g/mol. The number of halogens is 1. The van der Waals surface area contributed by atoms with E-state index in [0.717, 1.165) is 20.5 Å². The minimum Gasteiger partial charge on any atom is -0.463 e. The number of urea groups is 1. The second kappa shape index (κ2) is 10.5. The van der Waals surface area contributed by atoms with E-state index in [1.165, 1.54) is 20.9 Å². The highest BCUT2D eigenvalue weighted by Crippen LogP contribution is 2.63. The van der Waals surface area contributed by atoms with Gasteiger partial charge in [0.1, 0.15) is 29.6 Å². The zero-order valence-electron chi connectivity index (χ0n) is 26.1. The standard InChI is InChI=1S/C34H30ClN5O7S/c1-14-19-10-15(35)4-9-24(19)48-28(14)22-12-25(38(3)37-22)39-30(43)21-11-20-17(6-7-18-26(20)31(44)40(29(18)42)33(36)46)27(34(21,2)32(39)45)23-8-5-16(13-41)47-23/h4-6,8-10,12,18,20-21,26-27,41H,7,11,13H2,1-3H3,(H2,36,46). The van der Waals surface area contributed by atoms with E-state index in [-0.39, 0.29) is 25.2 Å². The van der Waals surface area contributed by atoms with Crippen LogP contribution in [0.25, 0.3) is 20.7 Å². The quantitative estimate of drug-likeness (QED) is 0.231. The van der Waals surface area contributed by atoms with Gasteiger partial charge >= 0.3 is 6.03 Å². The van der Waals surface area contributed by atoms with Gasteiger partial charge in [-0.05, 0) is 73.9 Å². The molecule has 14 heteroatoms. The minimum atomic E-state index is -1.35. The van der Waals surface area contributed by atoms with Gasteiger partial charge in [0.05, 0.1) is 34.0 Å². The fraction of sp³-hybridized carbons (Fsp3) is 0.353. The number of benzene rings is 1. The van der Waals surface area contributed by atoms with Crippen LogP contribution in [-0.4, -0.2) is 49.4 Å². The van der Waals surface area contributed by atoms with Gasteiger partial charge in [-0.1, -0.05) is 23.3 Å². The number of fused-ring (bicyclic) bond motifs is 5. The van der Waals surface area contributed by atoms with Gasteiger partial charge in [0.2, 0.25) is 23.6 Å². The van der Waals surface area contributed by atoms with Crippen molar-refractivity contribution in [3.05, 3.63) is 70.2 Å². The summed E-state index contributed by atoms with van der Waals surface area (Å²) in [4.78, 5) is 70.7. The smallest absolute Gasteiger partial charge is 0.328 e. The van der Waals surface area contributed by atoms with Crippen LogP contribution in [0.1, 0.15) is 42.8 Å². The van der Waals surface area contributed by atoms with Gasteiger partial charge in [0.15, 0.2) is 0 Å². The Morgan fingerprint density at radius 1 is 1.12 bits per heavy atom. The van der Waals surface area contributed by atoms with Crippen LogP contribution in [-0.2, 0) is 32.8 Å². The Morgan fingerprint density at radius 3 is 2.60 bits per heavy atom. The largest absolute Gasteiger partial charge is 0.463 e. The minimum absolute atomic E-state index is 0.0984. The number of likely N-dealkylation sites (tertiary alicyclic amines) is 1. The van der Waals surface area contributed by atoms with Crippen molar-refractivity contribution in [1.29, 1.82) is 0 Å². The summed E-state index contributed by atoms with van der Waals surface area (Å²) in [6, 6.07) is 9.54. The molecule has 2 aliphatic heterocycles. The van der Waals surface area contributed by atoms with Crippen molar-refractivity contribution >= 4 is 68.5 Å². The van der Waals surface area contributed by atoms with Crippen LogP contribution in [0.15, 0.2) is 52.5 Å². The van der Waals surface area contributed by atoms with Crippen molar-refractivity contribution in [2.75, 3.05) is 4.90 Å². The van der Waals surface area contributed by atoms with E-state index in [2.05, 4.69) is 0 Å². The lowest BCUT2D eigenvalue weighted by molar-refractivity contribution is -0.136. The number of furan rings is 1. The van der Waals surface area contributed by atoms with Gasteiger partial charge in [-0.3, -0.25) is 23.9 Å². The summed E-state index contributed by atoms with van der Waals surface area (Å²) in [6.45, 7) is 3.34. The van der Waals surface area contributed by atoms with Crippen LogP contribution >= 0.6 is 22.9 Å². The molecule has 8 rings (SSSR count). The Bertz CT molecular complexity index is 2160. The molecule has 2 aliphatic carbocycles. The van der Waals surface area contributed by atoms with Crippen molar-refractivity contribution in [2.24, 2.45) is 41.9 Å². The number of rotatable bonds is 4. The van der Waals surface area contributed by atoms with Gasteiger partial charge in [0, 0.05) is 22.8 Å². The van der Waals surface area contributed by atoms with E-state index in [0.29, 0.717) is 32.8 Å². The molecule has 4 aromatic rings. The lowest BCUT2D eigenvalue weighted by Gasteiger charge is -2.48. The van der Waals surface area contributed by atoms with Crippen LogP contribution in [0.3, 0.4) is 0 Å². The molecular formula is C34H30ClN5O7S. The van der Waals surface area contributed by atoms with Crippen LogP contribution in [0, 0.1) is 36.0 Å². The molecule has 12 nitrogen and oxygen atoms in total. The van der Waals surface area contributed by atoms with Gasteiger partial charge in [-0.2, -0.15) is 10.00 Å². The summed E-state index contributed by atoms with van der Waals surface area (Å²) in [5.41, 5.74) is 6.35. The maximum atomic E-state index is 14.8. The molecule has 0 radical (unpaired) electrons. The number of hydrogen-bond donors (Lipinski definition) is 2. The third-order valence-electron chi connectivity index (χ3n) is 10.8. The summed E-state index contributed by atoms with van der Waals surface area (Å²) in [7, 11) is 1.68. The number of amides is 6. The normalized spacial score (nSPS) is 28.3. The summed E-state index contributed by atoms with van der Waals surface area (Å²) < 4.78 is 8.58. The second-order valence-corrected chi connectivity index (χ2v) is 14.7. The number of imide groups is 4. The lowest BCUT2D eigenvalue weighted by atomic mass is 9.52. The Hall–Kier alpha value is -4.59. The number of allylic oxidation sites excluding steroid dienone is 2. The molecule has 1 aromatic carbocycles. The van der Waals surface area contributed by atoms with Crippen molar-refractivity contribution < 1.29 is 33.5 Å². The number of carbonyl (C=O) groups is 5. The number of nitrogens with zero attached hydrogens (tertiary/aromatic N) is 4. The number of thiophene rings is 1. The number of carbonyl (C=O) groups excluding carboxylic acids is 5. The number of aliphatic hydroxyl groups excluding tert-OH is 1. The van der Waals surface area contributed by atoms with Crippen molar-refractivity contribution in [3.63, 3.8) is 0 Å². The van der Waals surface area contributed by atoms with Crippen LogP contribution in [0.5, 0.6) is 0 Å². The van der Waals surface area contributed by atoms with Crippen molar-refractivity contribution in [2.45, 2.75) is 39.2 Å². The molecule has 0 bridgehead atoms. The Labute approximate surface area is 282 Å². The third kappa shape index (κ3) is 3.98. The highest BCUT2D eigenvalue weighted by molar-refractivity contribution is 7.22. The van der Waals surface area contributed by atoms with E-state index >= 15 is 0 Å². The van der Waals surface area contributed by atoms with Gasteiger partial charge < -0.3 is 15.3 Å². The number of hydrogen-bond acceptors (Lipinski definition) is 9. The molecule has 6 unspecified atom stereocenters. The third-order valence-corrected chi connectivity index (χ3v) is 12.4. The predicted octanol–water partition coefficient (Wildman–Crippen LogP) is 4.66. The zero-order chi connectivity index (χ0) is 34.0. The average molecular weight is 688 g/mol. The Morgan fingerprint density at radius 2 is 1.90 bits per heavy atom. The molecule has 5 heterocycles. The predicted molar refractivity (Wildman–Crippen MR) is 174 cm³/mol. The SMILES string of the molecule is Cc1c(-c2cc(N3C(=O)C4CC5C(=CCC6C(=O)N(C(N)=O)C(=O)C65)C(c5ccc(CO)o5)C4(C)C3=O)n(C)n2)sc2ccc(Cl)cc12. The number of aromatic nitrogens is 2. The molecule has 4 aliphatic rings. The van der Waals surface area contributed by atoms with Crippen LogP contribution in [0.4, 0.5) is 10.6 Å². The van der Waals surface area contributed by atoms with Crippen molar-refractivity contribution in [1.82, 2.24) is 14.7 Å². The first kappa shape index (κ1) is 30.7. The van der Waals surface area contributed by atoms with Crippen LogP contribution in [0.2, 0.25) is 5.02 Å². The molecule has 1 saturated carbocycles. The van der Waals surface area contributed by atoms with E-state index < -0.39 is 64.7 Å². The number of nitrogens with two attached hydrogens (primary N) is 1. The van der Waals surface area contributed by atoms with E-state index in [1.54, 1.807) is 32.2 Å². The topological polar surface area (TPSA) is 169 Å².